The Bertz CT molecular complexity index is 1220. The highest BCUT2D eigenvalue weighted by molar-refractivity contribution is 7.80. The number of rotatable bonds is 4. The summed E-state index contributed by atoms with van der Waals surface area (Å²) in [6.07, 6.45) is 3.90. The number of aryl methyl sites for hydroxylation is 1. The van der Waals surface area contributed by atoms with Crippen LogP contribution in [-0.2, 0) is 0 Å². The predicted molar refractivity (Wildman–Crippen MR) is 130 cm³/mol. The quantitative estimate of drug-likeness (QED) is 0.391. The molecule has 1 fully saturated rings. The van der Waals surface area contributed by atoms with Crippen LogP contribution in [-0.4, -0.2) is 14.7 Å². The Kier molecular flexibility index (Phi) is 5.22. The minimum absolute atomic E-state index is 0.0733. The number of aromatic nitrogens is 2. The van der Waals surface area contributed by atoms with Gasteiger partial charge in [0.05, 0.1) is 11.7 Å². The molecule has 2 atom stereocenters. The van der Waals surface area contributed by atoms with Crippen molar-refractivity contribution in [3.63, 3.8) is 0 Å². The van der Waals surface area contributed by atoms with Gasteiger partial charge in [-0.2, -0.15) is 0 Å². The van der Waals surface area contributed by atoms with E-state index in [1.165, 1.54) is 0 Å². The molecule has 1 aliphatic rings. The third-order valence-electron chi connectivity index (χ3n) is 5.64. The third-order valence-corrected chi connectivity index (χ3v) is 6.37. The van der Waals surface area contributed by atoms with Crippen LogP contribution in [0.25, 0.3) is 5.69 Å². The fourth-order valence-electron chi connectivity index (χ4n) is 4.17. The molecule has 4 aromatic rings. The van der Waals surface area contributed by atoms with Crippen molar-refractivity contribution in [1.29, 1.82) is 0 Å². The monoisotopic (exact) mass is 444 g/mol. The number of thiocarbonyl (C=S) groups is 1. The number of pyridine rings is 1. The van der Waals surface area contributed by atoms with Gasteiger partial charge in [0.2, 0.25) is 0 Å². The summed E-state index contributed by atoms with van der Waals surface area (Å²) in [5.41, 5.74) is 5.22. The first-order chi connectivity index (χ1) is 15.1. The van der Waals surface area contributed by atoms with E-state index in [0.717, 1.165) is 33.3 Å². The van der Waals surface area contributed by atoms with Crippen molar-refractivity contribution in [1.82, 2.24) is 14.9 Å². The Labute approximate surface area is 192 Å². The zero-order valence-corrected chi connectivity index (χ0v) is 18.5. The zero-order chi connectivity index (χ0) is 21.4. The lowest BCUT2D eigenvalue weighted by molar-refractivity contribution is 0.549. The van der Waals surface area contributed by atoms with Crippen molar-refractivity contribution in [2.24, 2.45) is 0 Å². The average molecular weight is 445 g/mol. The van der Waals surface area contributed by atoms with Crippen LogP contribution < -0.4 is 10.2 Å². The minimum atomic E-state index is -0.0871. The molecular weight excluding hydrogens is 424 g/mol. The first kappa shape index (κ1) is 19.8. The summed E-state index contributed by atoms with van der Waals surface area (Å²) in [6, 6.07) is 26.4. The normalized spacial score (nSPS) is 18.3. The molecule has 31 heavy (non-hydrogen) atoms. The summed E-state index contributed by atoms with van der Waals surface area (Å²) >= 11 is 12.1. The third kappa shape index (κ3) is 3.60. The molecule has 0 radical (unpaired) electrons. The smallest absolute Gasteiger partial charge is 0.174 e. The molecule has 2 unspecified atom stereocenters. The van der Waals surface area contributed by atoms with E-state index in [4.69, 9.17) is 23.8 Å². The van der Waals surface area contributed by atoms with Gasteiger partial charge in [0.25, 0.3) is 0 Å². The van der Waals surface area contributed by atoms with Gasteiger partial charge < -0.3 is 14.8 Å². The van der Waals surface area contributed by atoms with Crippen LogP contribution in [0.4, 0.5) is 5.69 Å². The number of hydrogen-bond acceptors (Lipinski definition) is 2. The van der Waals surface area contributed by atoms with E-state index < -0.39 is 0 Å². The van der Waals surface area contributed by atoms with Crippen molar-refractivity contribution in [3.8, 4) is 5.69 Å². The second-order valence-corrected chi connectivity index (χ2v) is 8.36. The van der Waals surface area contributed by atoms with Gasteiger partial charge in [-0.3, -0.25) is 4.98 Å². The fraction of sp³-hybridized carbons (Fsp3) is 0.120. The molecule has 5 rings (SSSR count). The Balaban J connectivity index is 1.67. The highest BCUT2D eigenvalue weighted by atomic mass is 35.5. The summed E-state index contributed by atoms with van der Waals surface area (Å²) in [7, 11) is 0. The van der Waals surface area contributed by atoms with Crippen molar-refractivity contribution in [3.05, 3.63) is 113 Å². The van der Waals surface area contributed by atoms with E-state index >= 15 is 0 Å². The van der Waals surface area contributed by atoms with E-state index in [-0.39, 0.29) is 12.1 Å². The van der Waals surface area contributed by atoms with Gasteiger partial charge in [-0.15, -0.1) is 0 Å². The van der Waals surface area contributed by atoms with Crippen molar-refractivity contribution in [2.45, 2.75) is 19.0 Å². The molecule has 0 aliphatic carbocycles. The summed E-state index contributed by atoms with van der Waals surface area (Å²) < 4.78 is 2.20. The number of anilines is 1. The molecule has 154 valence electrons. The lowest BCUT2D eigenvalue weighted by atomic mass is 10.0. The fourth-order valence-corrected chi connectivity index (χ4v) is 4.63. The molecule has 0 spiro atoms. The van der Waals surface area contributed by atoms with Gasteiger partial charge in [0.15, 0.2) is 5.11 Å². The number of nitrogens with one attached hydrogen (secondary N) is 1. The van der Waals surface area contributed by atoms with Gasteiger partial charge in [0.1, 0.15) is 6.04 Å². The van der Waals surface area contributed by atoms with Gasteiger partial charge in [-0.25, -0.2) is 0 Å². The number of para-hydroxylation sites is 1. The summed E-state index contributed by atoms with van der Waals surface area (Å²) in [5.74, 6) is 0. The van der Waals surface area contributed by atoms with E-state index in [2.05, 4.69) is 56.3 Å². The molecular formula is C25H21ClN4S. The molecule has 2 aromatic heterocycles. The van der Waals surface area contributed by atoms with Crippen LogP contribution in [0, 0.1) is 6.92 Å². The second kappa shape index (κ2) is 8.17. The SMILES string of the molecule is Cc1cc(-n2cccc2C2C(c3ccccn3)NC(=S)N2c2ccccc2)ccc1Cl. The topological polar surface area (TPSA) is 33.1 Å². The lowest BCUT2D eigenvalue weighted by Crippen LogP contribution is -2.30. The van der Waals surface area contributed by atoms with Crippen LogP contribution >= 0.6 is 23.8 Å². The maximum Gasteiger partial charge on any atom is 0.174 e. The lowest BCUT2D eigenvalue weighted by Gasteiger charge is -2.29. The number of nitrogens with zero attached hydrogens (tertiary/aromatic N) is 3. The molecule has 1 saturated heterocycles. The zero-order valence-electron chi connectivity index (χ0n) is 16.9. The van der Waals surface area contributed by atoms with Gasteiger partial charge >= 0.3 is 0 Å². The maximum absolute atomic E-state index is 6.28. The average Bonchev–Trinajstić information content (AvgIpc) is 3.41. The number of halogens is 1. The summed E-state index contributed by atoms with van der Waals surface area (Å²) in [6.45, 7) is 2.02. The minimum Gasteiger partial charge on any atom is -0.351 e. The summed E-state index contributed by atoms with van der Waals surface area (Å²) in [4.78, 5) is 6.82. The highest BCUT2D eigenvalue weighted by Crippen LogP contribution is 2.42. The largest absolute Gasteiger partial charge is 0.351 e. The number of benzene rings is 2. The van der Waals surface area contributed by atoms with E-state index in [1.807, 2.05) is 61.7 Å². The molecule has 0 amide bonds. The van der Waals surface area contributed by atoms with Gasteiger partial charge in [-0.1, -0.05) is 35.9 Å². The van der Waals surface area contributed by atoms with E-state index in [0.29, 0.717) is 5.11 Å². The first-order valence-electron chi connectivity index (χ1n) is 10.1. The van der Waals surface area contributed by atoms with Gasteiger partial charge in [0, 0.05) is 34.5 Å². The predicted octanol–water partition coefficient (Wildman–Crippen LogP) is 6.01. The number of hydrogen-bond donors (Lipinski definition) is 1. The Morgan fingerprint density at radius 2 is 1.74 bits per heavy atom. The maximum atomic E-state index is 6.28. The van der Waals surface area contributed by atoms with Crippen molar-refractivity contribution in [2.75, 3.05) is 4.90 Å². The van der Waals surface area contributed by atoms with Crippen molar-refractivity contribution < 1.29 is 0 Å². The molecule has 2 aromatic carbocycles. The van der Waals surface area contributed by atoms with Crippen LogP contribution in [0.15, 0.2) is 91.3 Å². The Morgan fingerprint density at radius 3 is 2.48 bits per heavy atom. The molecule has 0 bridgehead atoms. The van der Waals surface area contributed by atoms with Crippen LogP contribution in [0.1, 0.15) is 29.0 Å². The van der Waals surface area contributed by atoms with Crippen molar-refractivity contribution >= 4 is 34.6 Å². The second-order valence-electron chi connectivity index (χ2n) is 7.57. The summed E-state index contributed by atoms with van der Waals surface area (Å²) in [5, 5.41) is 4.97. The molecule has 0 saturated carbocycles. The van der Waals surface area contributed by atoms with Crippen LogP contribution in [0.2, 0.25) is 5.02 Å². The first-order valence-corrected chi connectivity index (χ1v) is 10.9. The van der Waals surface area contributed by atoms with E-state index in [1.54, 1.807) is 0 Å². The van der Waals surface area contributed by atoms with Crippen LogP contribution in [0.3, 0.4) is 0 Å². The molecule has 4 nitrogen and oxygen atoms in total. The van der Waals surface area contributed by atoms with Gasteiger partial charge in [-0.05, 0) is 79.3 Å². The Hall–Kier alpha value is -3.15. The Morgan fingerprint density at radius 1 is 0.935 bits per heavy atom. The molecule has 6 heteroatoms. The standard InChI is InChI=1S/C25H21ClN4S/c1-17-16-19(12-13-20(17)26)29-15-7-11-22(29)24-23(21-10-5-6-14-27-21)28-25(31)30(24)18-8-3-2-4-9-18/h2-16,23-24H,1H3,(H,28,31). The molecule has 1 aliphatic heterocycles. The van der Waals surface area contributed by atoms with Crippen LogP contribution in [0.5, 0.6) is 0 Å². The molecule has 1 N–H and O–H groups in total. The molecule has 3 heterocycles. The van der Waals surface area contributed by atoms with E-state index in [9.17, 15) is 0 Å². The highest BCUT2D eigenvalue weighted by Gasteiger charge is 2.42.